The molecule has 0 spiro atoms. The summed E-state index contributed by atoms with van der Waals surface area (Å²) >= 11 is 3.89. The number of hydrogen-bond donors (Lipinski definition) is 1. The molecule has 0 fully saturated rings. The molecule has 2 unspecified atom stereocenters. The van der Waals surface area contributed by atoms with Crippen LogP contribution in [0.15, 0.2) is 23.6 Å². The molecule has 2 aromatic heterocycles. The molecule has 108 valence electrons. The molecular weight excluding hydrogens is 282 g/mol. The Kier molecular flexibility index (Phi) is 4.59. The van der Waals surface area contributed by atoms with Crippen molar-refractivity contribution in [2.45, 2.75) is 58.0 Å². The van der Waals surface area contributed by atoms with Gasteiger partial charge in [-0.25, -0.2) is 0 Å². The standard InChI is InChI=1S/C17H23NS2/c1-12(10-15-7-5-9-19-15)18-13(2)17-11-14-6-3-4-8-16(14)20-17/h5,7,9,11-13,18H,3-4,6,8,10H2,1-2H3. The maximum absolute atomic E-state index is 3.76. The minimum atomic E-state index is 0.473. The molecule has 1 nitrogen and oxygen atoms in total. The first kappa shape index (κ1) is 14.3. The Hall–Kier alpha value is -0.640. The second-order valence-electron chi connectivity index (χ2n) is 5.88. The largest absolute Gasteiger partial charge is 0.307 e. The van der Waals surface area contributed by atoms with E-state index in [2.05, 4.69) is 42.7 Å². The van der Waals surface area contributed by atoms with Gasteiger partial charge in [0.1, 0.15) is 0 Å². The average Bonchev–Trinajstić information content (AvgIpc) is 3.06. The van der Waals surface area contributed by atoms with E-state index in [1.54, 1.807) is 10.4 Å². The van der Waals surface area contributed by atoms with Crippen molar-refractivity contribution in [3.8, 4) is 0 Å². The fourth-order valence-electron chi connectivity index (χ4n) is 3.03. The fourth-order valence-corrected chi connectivity index (χ4v) is 5.13. The van der Waals surface area contributed by atoms with Crippen molar-refractivity contribution in [1.82, 2.24) is 5.32 Å². The lowest BCUT2D eigenvalue weighted by molar-refractivity contribution is 0.484. The van der Waals surface area contributed by atoms with E-state index in [9.17, 15) is 0 Å². The van der Waals surface area contributed by atoms with Gasteiger partial charge in [-0.15, -0.1) is 22.7 Å². The highest BCUT2D eigenvalue weighted by molar-refractivity contribution is 7.12. The van der Waals surface area contributed by atoms with Gasteiger partial charge in [-0.2, -0.15) is 0 Å². The Bertz CT molecular complexity index is 518. The zero-order valence-corrected chi connectivity index (χ0v) is 13.9. The predicted octanol–water partition coefficient (Wildman–Crippen LogP) is 4.97. The normalized spacial score (nSPS) is 17.7. The number of rotatable bonds is 5. The van der Waals surface area contributed by atoms with Crippen molar-refractivity contribution in [2.75, 3.05) is 0 Å². The molecule has 0 saturated carbocycles. The Morgan fingerprint density at radius 3 is 2.85 bits per heavy atom. The number of fused-ring (bicyclic) bond motifs is 1. The first-order valence-corrected chi connectivity index (χ1v) is 9.32. The summed E-state index contributed by atoms with van der Waals surface area (Å²) in [5, 5.41) is 5.93. The van der Waals surface area contributed by atoms with E-state index < -0.39 is 0 Å². The monoisotopic (exact) mass is 305 g/mol. The van der Waals surface area contributed by atoms with Crippen LogP contribution >= 0.6 is 22.7 Å². The van der Waals surface area contributed by atoms with Crippen molar-refractivity contribution < 1.29 is 0 Å². The first-order chi connectivity index (χ1) is 9.72. The van der Waals surface area contributed by atoms with E-state index >= 15 is 0 Å². The highest BCUT2D eigenvalue weighted by Crippen LogP contribution is 2.33. The van der Waals surface area contributed by atoms with Gasteiger partial charge in [0.05, 0.1) is 0 Å². The van der Waals surface area contributed by atoms with Gasteiger partial charge in [0.15, 0.2) is 0 Å². The number of thiophene rings is 2. The lowest BCUT2D eigenvalue weighted by atomic mass is 9.99. The van der Waals surface area contributed by atoms with E-state index in [1.165, 1.54) is 35.4 Å². The van der Waals surface area contributed by atoms with Gasteiger partial charge in [-0.3, -0.25) is 0 Å². The van der Waals surface area contributed by atoms with Crippen molar-refractivity contribution in [1.29, 1.82) is 0 Å². The Balaban J connectivity index is 1.60. The molecule has 0 amide bonds. The molecule has 1 N–H and O–H groups in total. The van der Waals surface area contributed by atoms with E-state index in [1.807, 2.05) is 22.7 Å². The minimum Gasteiger partial charge on any atom is -0.307 e. The molecule has 2 atom stereocenters. The highest BCUT2D eigenvalue weighted by Gasteiger charge is 2.17. The second-order valence-corrected chi connectivity index (χ2v) is 8.08. The molecule has 1 aliphatic rings. The molecule has 2 aromatic rings. The third-order valence-corrected chi connectivity index (χ3v) is 6.38. The van der Waals surface area contributed by atoms with Crippen LogP contribution in [0.5, 0.6) is 0 Å². The Morgan fingerprint density at radius 1 is 1.25 bits per heavy atom. The summed E-state index contributed by atoms with van der Waals surface area (Å²) in [5.74, 6) is 0. The molecule has 20 heavy (non-hydrogen) atoms. The fraction of sp³-hybridized carbons (Fsp3) is 0.529. The minimum absolute atomic E-state index is 0.473. The predicted molar refractivity (Wildman–Crippen MR) is 90.0 cm³/mol. The van der Waals surface area contributed by atoms with Crippen molar-refractivity contribution in [3.63, 3.8) is 0 Å². The Labute approximate surface area is 130 Å². The first-order valence-electron chi connectivity index (χ1n) is 7.62. The summed E-state index contributed by atoms with van der Waals surface area (Å²) in [4.78, 5) is 4.64. The summed E-state index contributed by atoms with van der Waals surface area (Å²) in [7, 11) is 0. The third-order valence-electron chi connectivity index (χ3n) is 4.06. The van der Waals surface area contributed by atoms with Crippen LogP contribution in [0.3, 0.4) is 0 Å². The van der Waals surface area contributed by atoms with Crippen LogP contribution in [0.2, 0.25) is 0 Å². The van der Waals surface area contributed by atoms with Gasteiger partial charge in [-0.05, 0) is 69.0 Å². The summed E-state index contributed by atoms with van der Waals surface area (Å²) < 4.78 is 0. The van der Waals surface area contributed by atoms with Crippen LogP contribution in [0.4, 0.5) is 0 Å². The topological polar surface area (TPSA) is 12.0 Å². The molecule has 0 saturated heterocycles. The average molecular weight is 306 g/mol. The van der Waals surface area contributed by atoms with Crippen LogP contribution < -0.4 is 5.32 Å². The lowest BCUT2D eigenvalue weighted by Crippen LogP contribution is -2.30. The summed E-state index contributed by atoms with van der Waals surface area (Å²) in [6, 6.07) is 7.83. The second kappa shape index (κ2) is 6.42. The number of hydrogen-bond acceptors (Lipinski definition) is 3. The zero-order valence-electron chi connectivity index (χ0n) is 12.3. The van der Waals surface area contributed by atoms with Crippen LogP contribution in [0, 0.1) is 0 Å². The quantitative estimate of drug-likeness (QED) is 0.822. The van der Waals surface area contributed by atoms with Crippen molar-refractivity contribution in [2.24, 2.45) is 0 Å². The highest BCUT2D eigenvalue weighted by atomic mass is 32.1. The van der Waals surface area contributed by atoms with Crippen LogP contribution in [0.25, 0.3) is 0 Å². The van der Waals surface area contributed by atoms with E-state index in [0.717, 1.165) is 6.42 Å². The van der Waals surface area contributed by atoms with Gasteiger partial charge >= 0.3 is 0 Å². The molecular formula is C17H23NS2. The summed E-state index contributed by atoms with van der Waals surface area (Å²) in [6.07, 6.45) is 6.48. The maximum Gasteiger partial charge on any atom is 0.0388 e. The van der Waals surface area contributed by atoms with Gasteiger partial charge in [0.25, 0.3) is 0 Å². The molecule has 0 bridgehead atoms. The summed E-state index contributed by atoms with van der Waals surface area (Å²) in [5.41, 5.74) is 1.62. The van der Waals surface area contributed by atoms with Gasteiger partial charge in [-0.1, -0.05) is 6.07 Å². The molecule has 1 aliphatic carbocycles. The van der Waals surface area contributed by atoms with Crippen LogP contribution in [-0.4, -0.2) is 6.04 Å². The molecule has 2 heterocycles. The SMILES string of the molecule is CC(Cc1cccs1)NC(C)c1cc2c(s1)CCCC2. The number of nitrogens with one attached hydrogen (secondary N) is 1. The van der Waals surface area contributed by atoms with E-state index in [-0.39, 0.29) is 0 Å². The van der Waals surface area contributed by atoms with E-state index in [4.69, 9.17) is 0 Å². The zero-order chi connectivity index (χ0) is 13.9. The van der Waals surface area contributed by atoms with Crippen molar-refractivity contribution >= 4 is 22.7 Å². The van der Waals surface area contributed by atoms with Gasteiger partial charge in [0.2, 0.25) is 0 Å². The Morgan fingerprint density at radius 2 is 2.10 bits per heavy atom. The molecule has 0 aromatic carbocycles. The third kappa shape index (κ3) is 3.33. The van der Waals surface area contributed by atoms with E-state index in [0.29, 0.717) is 12.1 Å². The van der Waals surface area contributed by atoms with Gasteiger partial charge in [0, 0.05) is 26.7 Å². The molecule has 3 rings (SSSR count). The number of aryl methyl sites for hydroxylation is 2. The smallest absolute Gasteiger partial charge is 0.0388 e. The molecule has 0 radical (unpaired) electrons. The lowest BCUT2D eigenvalue weighted by Gasteiger charge is -2.18. The summed E-state index contributed by atoms with van der Waals surface area (Å²) in [6.45, 7) is 4.60. The van der Waals surface area contributed by atoms with Crippen molar-refractivity contribution in [3.05, 3.63) is 43.8 Å². The molecule has 3 heteroatoms. The van der Waals surface area contributed by atoms with Gasteiger partial charge < -0.3 is 5.32 Å². The van der Waals surface area contributed by atoms with Crippen LogP contribution in [0.1, 0.15) is 52.9 Å². The molecule has 0 aliphatic heterocycles. The van der Waals surface area contributed by atoms with Crippen LogP contribution in [-0.2, 0) is 19.3 Å². The maximum atomic E-state index is 3.76.